The minimum Gasteiger partial charge on any atom is -0.466 e. The maximum atomic E-state index is 11.7. The van der Waals surface area contributed by atoms with Crippen LogP contribution in [-0.4, -0.2) is 49.8 Å². The van der Waals surface area contributed by atoms with E-state index >= 15 is 0 Å². The molecular weight excluding hydrogens is 218 g/mol. The van der Waals surface area contributed by atoms with Crippen LogP contribution in [0.5, 0.6) is 0 Å². The molecule has 1 rings (SSSR count). The Morgan fingerprint density at radius 2 is 1.94 bits per heavy atom. The highest BCUT2D eigenvalue weighted by molar-refractivity contribution is 5.70. The molecular formula is C13H25NO3. The molecule has 1 heterocycles. The molecule has 0 saturated carbocycles. The van der Waals surface area contributed by atoms with Crippen molar-refractivity contribution in [1.29, 1.82) is 0 Å². The number of rotatable bonds is 4. The summed E-state index contributed by atoms with van der Waals surface area (Å²) in [6.45, 7) is 12.1. The number of carbonyl (C=O) groups excluding carboxylic acids is 1. The zero-order valence-electron chi connectivity index (χ0n) is 11.5. The summed E-state index contributed by atoms with van der Waals surface area (Å²) in [6, 6.07) is 0.227. The van der Waals surface area contributed by atoms with E-state index in [1.165, 1.54) is 0 Å². The lowest BCUT2D eigenvalue weighted by Gasteiger charge is -2.41. The van der Waals surface area contributed by atoms with Crippen LogP contribution in [0.3, 0.4) is 0 Å². The molecule has 100 valence electrons. The molecule has 0 bridgehead atoms. The van der Waals surface area contributed by atoms with Crippen LogP contribution in [-0.2, 0) is 14.3 Å². The maximum absolute atomic E-state index is 11.7. The first kappa shape index (κ1) is 14.5. The van der Waals surface area contributed by atoms with Crippen LogP contribution in [0.15, 0.2) is 0 Å². The van der Waals surface area contributed by atoms with E-state index in [-0.39, 0.29) is 17.4 Å². The minimum atomic E-state index is -0.0982. The number of esters is 1. The molecule has 0 radical (unpaired) electrons. The molecule has 1 aliphatic rings. The van der Waals surface area contributed by atoms with Crippen molar-refractivity contribution < 1.29 is 14.3 Å². The van der Waals surface area contributed by atoms with Gasteiger partial charge in [-0.25, -0.2) is 0 Å². The number of hydrogen-bond acceptors (Lipinski definition) is 4. The van der Waals surface area contributed by atoms with Crippen molar-refractivity contribution in [2.45, 2.75) is 40.2 Å². The predicted octanol–water partition coefficient (Wildman–Crippen LogP) is 1.69. The summed E-state index contributed by atoms with van der Waals surface area (Å²) in [5.74, 6) is -0.0982. The van der Waals surface area contributed by atoms with E-state index in [1.54, 1.807) is 0 Å². The predicted molar refractivity (Wildman–Crippen MR) is 66.9 cm³/mol. The molecule has 1 unspecified atom stereocenters. The molecule has 1 atom stereocenters. The van der Waals surface area contributed by atoms with E-state index in [2.05, 4.69) is 25.7 Å². The van der Waals surface area contributed by atoms with Gasteiger partial charge < -0.3 is 9.47 Å². The second kappa shape index (κ2) is 6.36. The van der Waals surface area contributed by atoms with E-state index in [1.807, 2.05) is 6.92 Å². The number of nitrogens with zero attached hydrogens (tertiary/aromatic N) is 1. The fourth-order valence-corrected chi connectivity index (χ4v) is 2.25. The van der Waals surface area contributed by atoms with Crippen molar-refractivity contribution in [2.75, 3.05) is 32.9 Å². The van der Waals surface area contributed by atoms with Gasteiger partial charge in [0.1, 0.15) is 0 Å². The van der Waals surface area contributed by atoms with E-state index < -0.39 is 0 Å². The van der Waals surface area contributed by atoms with Crippen molar-refractivity contribution >= 4 is 5.97 Å². The minimum absolute atomic E-state index is 0.0735. The second-order valence-electron chi connectivity index (χ2n) is 5.54. The highest BCUT2D eigenvalue weighted by atomic mass is 16.5. The van der Waals surface area contributed by atoms with Crippen molar-refractivity contribution in [3.8, 4) is 0 Å². The highest BCUT2D eigenvalue weighted by Gasteiger charge is 2.33. The van der Waals surface area contributed by atoms with Crippen LogP contribution < -0.4 is 0 Å². The molecule has 0 N–H and O–H groups in total. The molecule has 0 aromatic heterocycles. The van der Waals surface area contributed by atoms with E-state index in [9.17, 15) is 4.79 Å². The summed E-state index contributed by atoms with van der Waals surface area (Å²) in [6.07, 6.45) is 0.470. The van der Waals surface area contributed by atoms with E-state index in [4.69, 9.17) is 9.47 Å². The molecule has 17 heavy (non-hydrogen) atoms. The van der Waals surface area contributed by atoms with Gasteiger partial charge >= 0.3 is 5.97 Å². The zero-order chi connectivity index (χ0) is 12.9. The lowest BCUT2D eigenvalue weighted by molar-refractivity contribution is -0.146. The molecule has 0 aromatic carbocycles. The first-order valence-corrected chi connectivity index (χ1v) is 6.42. The monoisotopic (exact) mass is 243 g/mol. The van der Waals surface area contributed by atoms with Crippen molar-refractivity contribution in [2.24, 2.45) is 5.41 Å². The van der Waals surface area contributed by atoms with Gasteiger partial charge in [-0.05, 0) is 12.3 Å². The maximum Gasteiger partial charge on any atom is 0.307 e. The van der Waals surface area contributed by atoms with Crippen molar-refractivity contribution in [3.05, 3.63) is 0 Å². The van der Waals surface area contributed by atoms with Gasteiger partial charge in [0.2, 0.25) is 0 Å². The average molecular weight is 243 g/mol. The molecule has 4 heteroatoms. The normalized spacial score (nSPS) is 20.0. The largest absolute Gasteiger partial charge is 0.466 e. The van der Waals surface area contributed by atoms with Gasteiger partial charge in [-0.3, -0.25) is 9.69 Å². The summed E-state index contributed by atoms with van der Waals surface area (Å²) in [4.78, 5) is 14.0. The summed E-state index contributed by atoms with van der Waals surface area (Å²) in [7, 11) is 0. The van der Waals surface area contributed by atoms with E-state index in [0.717, 1.165) is 26.3 Å². The first-order chi connectivity index (χ1) is 7.95. The Hall–Kier alpha value is -0.610. The van der Waals surface area contributed by atoms with Crippen molar-refractivity contribution in [3.63, 3.8) is 0 Å². The molecule has 1 saturated heterocycles. The molecule has 0 amide bonds. The summed E-state index contributed by atoms with van der Waals surface area (Å²) < 4.78 is 10.4. The van der Waals surface area contributed by atoms with Gasteiger partial charge in [-0.2, -0.15) is 0 Å². The molecule has 1 aliphatic heterocycles. The van der Waals surface area contributed by atoms with Gasteiger partial charge in [0.15, 0.2) is 0 Å². The third-order valence-electron chi connectivity index (χ3n) is 3.15. The average Bonchev–Trinajstić information content (AvgIpc) is 2.26. The van der Waals surface area contributed by atoms with Crippen molar-refractivity contribution in [1.82, 2.24) is 4.90 Å². The van der Waals surface area contributed by atoms with Gasteiger partial charge in [-0.15, -0.1) is 0 Å². The lowest BCUT2D eigenvalue weighted by atomic mass is 9.83. The SMILES string of the molecule is CCOC(=O)CC(N1CCOCC1)C(C)(C)C. The Labute approximate surface area is 104 Å². The van der Waals surface area contributed by atoms with Gasteiger partial charge in [-0.1, -0.05) is 20.8 Å². The third-order valence-corrected chi connectivity index (χ3v) is 3.15. The summed E-state index contributed by atoms with van der Waals surface area (Å²) in [5, 5.41) is 0. The Balaban J connectivity index is 2.63. The van der Waals surface area contributed by atoms with Crippen LogP contribution in [0.4, 0.5) is 0 Å². The second-order valence-corrected chi connectivity index (χ2v) is 5.54. The zero-order valence-corrected chi connectivity index (χ0v) is 11.5. The molecule has 0 spiro atoms. The van der Waals surface area contributed by atoms with Gasteiger partial charge in [0.25, 0.3) is 0 Å². The molecule has 0 aliphatic carbocycles. The number of carbonyl (C=O) groups is 1. The quantitative estimate of drug-likeness (QED) is 0.704. The van der Waals surface area contributed by atoms with Crippen LogP contribution in [0.1, 0.15) is 34.1 Å². The lowest BCUT2D eigenvalue weighted by Crippen LogP contribution is -2.50. The molecule has 0 aromatic rings. The number of morpholine rings is 1. The standard InChI is InChI=1S/C13H25NO3/c1-5-17-12(15)10-11(13(2,3)4)14-6-8-16-9-7-14/h11H,5-10H2,1-4H3. The van der Waals surface area contributed by atoms with Crippen LogP contribution in [0.2, 0.25) is 0 Å². The van der Waals surface area contributed by atoms with Gasteiger partial charge in [0, 0.05) is 19.1 Å². The molecule has 4 nitrogen and oxygen atoms in total. The van der Waals surface area contributed by atoms with Crippen LogP contribution in [0.25, 0.3) is 0 Å². The fourth-order valence-electron chi connectivity index (χ4n) is 2.25. The molecule has 1 fully saturated rings. The topological polar surface area (TPSA) is 38.8 Å². The number of ether oxygens (including phenoxy) is 2. The summed E-state index contributed by atoms with van der Waals surface area (Å²) in [5.41, 5.74) is 0.0735. The first-order valence-electron chi connectivity index (χ1n) is 6.42. The third kappa shape index (κ3) is 4.64. The Morgan fingerprint density at radius 1 is 1.35 bits per heavy atom. The summed E-state index contributed by atoms with van der Waals surface area (Å²) >= 11 is 0. The Morgan fingerprint density at radius 3 is 2.41 bits per heavy atom. The highest BCUT2D eigenvalue weighted by Crippen LogP contribution is 2.28. The van der Waals surface area contributed by atoms with Gasteiger partial charge in [0.05, 0.1) is 26.2 Å². The number of hydrogen-bond donors (Lipinski definition) is 0. The van der Waals surface area contributed by atoms with Crippen LogP contribution in [0, 0.1) is 5.41 Å². The Bertz CT molecular complexity index is 242. The Kier molecular flexibility index (Phi) is 5.40. The fraction of sp³-hybridized carbons (Fsp3) is 0.923. The van der Waals surface area contributed by atoms with Crippen LogP contribution >= 0.6 is 0 Å². The van der Waals surface area contributed by atoms with E-state index in [0.29, 0.717) is 13.0 Å². The smallest absolute Gasteiger partial charge is 0.307 e.